The second-order valence-electron chi connectivity index (χ2n) is 6.32. The molecule has 0 amide bonds. The van der Waals surface area contributed by atoms with Crippen LogP contribution in [-0.2, 0) is 5.60 Å². The lowest BCUT2D eigenvalue weighted by molar-refractivity contribution is 0.0786. The van der Waals surface area contributed by atoms with Crippen molar-refractivity contribution in [1.82, 2.24) is 19.6 Å². The first-order valence-electron chi connectivity index (χ1n) is 7.82. The topological polar surface area (TPSA) is 102 Å². The van der Waals surface area contributed by atoms with Crippen LogP contribution in [-0.4, -0.2) is 24.7 Å². The quantitative estimate of drug-likeness (QED) is 0.597. The molecule has 0 spiro atoms. The van der Waals surface area contributed by atoms with Crippen LogP contribution in [0.25, 0.3) is 28.5 Å². The zero-order chi connectivity index (χ0) is 17.6. The lowest BCUT2D eigenvalue weighted by atomic mass is 9.97. The Bertz CT molecular complexity index is 1030. The molecule has 7 nitrogen and oxygen atoms in total. The summed E-state index contributed by atoms with van der Waals surface area (Å²) in [6, 6.07) is 12.9. The van der Waals surface area contributed by atoms with Crippen LogP contribution in [0.15, 0.2) is 53.1 Å². The van der Waals surface area contributed by atoms with Crippen molar-refractivity contribution in [3.63, 3.8) is 0 Å². The standard InChI is InChI=1S/C18H17N5O2/c1-18(2,24)12-7-5-11(6-8-12)13-10-15-21-16(14-4-3-9-25-14)22-23(15)17(19)20-13/h3-10,24H,1-2H3,(H2,19,20). The number of anilines is 1. The largest absolute Gasteiger partial charge is 0.461 e. The number of benzene rings is 1. The van der Waals surface area contributed by atoms with E-state index in [1.807, 2.05) is 30.3 Å². The van der Waals surface area contributed by atoms with Gasteiger partial charge in [0.05, 0.1) is 17.6 Å². The molecule has 0 saturated heterocycles. The molecule has 0 aliphatic carbocycles. The minimum absolute atomic E-state index is 0.240. The van der Waals surface area contributed by atoms with E-state index < -0.39 is 5.60 Å². The number of hydrogen-bond donors (Lipinski definition) is 2. The maximum absolute atomic E-state index is 10.1. The summed E-state index contributed by atoms with van der Waals surface area (Å²) in [6.07, 6.45) is 1.57. The third-order valence-corrected chi connectivity index (χ3v) is 3.98. The maximum atomic E-state index is 10.1. The van der Waals surface area contributed by atoms with Gasteiger partial charge in [0.25, 0.3) is 0 Å². The molecule has 3 N–H and O–H groups in total. The molecule has 4 aromatic rings. The third kappa shape index (κ3) is 2.74. The summed E-state index contributed by atoms with van der Waals surface area (Å²) in [5.74, 6) is 1.26. The first-order chi connectivity index (χ1) is 11.9. The average Bonchev–Trinajstić information content (AvgIpc) is 3.23. The number of nitrogen functional groups attached to an aromatic ring is 1. The Morgan fingerprint density at radius 2 is 1.88 bits per heavy atom. The molecule has 0 fully saturated rings. The maximum Gasteiger partial charge on any atom is 0.223 e. The lowest BCUT2D eigenvalue weighted by Crippen LogP contribution is -2.14. The first-order valence-corrected chi connectivity index (χ1v) is 7.82. The second kappa shape index (κ2) is 5.42. The Morgan fingerprint density at radius 3 is 2.52 bits per heavy atom. The van der Waals surface area contributed by atoms with Gasteiger partial charge in [0, 0.05) is 11.6 Å². The van der Waals surface area contributed by atoms with Crippen molar-refractivity contribution in [2.75, 3.05) is 5.73 Å². The summed E-state index contributed by atoms with van der Waals surface area (Å²) in [6.45, 7) is 3.49. The van der Waals surface area contributed by atoms with Crippen LogP contribution in [0.4, 0.5) is 5.95 Å². The number of fused-ring (bicyclic) bond motifs is 1. The number of nitrogens with zero attached hydrogens (tertiary/aromatic N) is 4. The van der Waals surface area contributed by atoms with Crippen molar-refractivity contribution in [2.24, 2.45) is 0 Å². The lowest BCUT2D eigenvalue weighted by Gasteiger charge is -2.17. The average molecular weight is 335 g/mol. The Hall–Kier alpha value is -3.19. The van der Waals surface area contributed by atoms with Crippen LogP contribution < -0.4 is 5.73 Å². The van der Waals surface area contributed by atoms with Crippen LogP contribution in [0.2, 0.25) is 0 Å². The number of aromatic nitrogens is 4. The van der Waals surface area contributed by atoms with Crippen molar-refractivity contribution < 1.29 is 9.52 Å². The highest BCUT2D eigenvalue weighted by Crippen LogP contribution is 2.26. The van der Waals surface area contributed by atoms with E-state index >= 15 is 0 Å². The normalized spacial score (nSPS) is 12.0. The smallest absolute Gasteiger partial charge is 0.223 e. The van der Waals surface area contributed by atoms with E-state index in [4.69, 9.17) is 10.2 Å². The Labute approximate surface area is 143 Å². The number of nitrogens with two attached hydrogens (primary N) is 1. The molecule has 3 aromatic heterocycles. The predicted octanol–water partition coefficient (Wildman–Crippen LogP) is 2.86. The Morgan fingerprint density at radius 1 is 1.12 bits per heavy atom. The molecule has 0 aliphatic rings. The van der Waals surface area contributed by atoms with E-state index in [-0.39, 0.29) is 5.95 Å². The summed E-state index contributed by atoms with van der Waals surface area (Å²) >= 11 is 0. The summed E-state index contributed by atoms with van der Waals surface area (Å²) in [5.41, 5.74) is 8.13. The van der Waals surface area contributed by atoms with Crippen LogP contribution >= 0.6 is 0 Å². The van der Waals surface area contributed by atoms with Gasteiger partial charge in [0.1, 0.15) is 0 Å². The minimum atomic E-state index is -0.889. The van der Waals surface area contributed by atoms with E-state index in [0.29, 0.717) is 22.9 Å². The van der Waals surface area contributed by atoms with E-state index in [1.54, 1.807) is 32.2 Å². The number of hydrogen-bond acceptors (Lipinski definition) is 6. The number of rotatable bonds is 3. The number of aliphatic hydroxyl groups is 1. The molecule has 126 valence electrons. The van der Waals surface area contributed by atoms with E-state index in [1.165, 1.54) is 4.52 Å². The van der Waals surface area contributed by atoms with Gasteiger partial charge in [-0.2, -0.15) is 4.52 Å². The third-order valence-electron chi connectivity index (χ3n) is 3.98. The molecular weight excluding hydrogens is 318 g/mol. The molecule has 7 heteroatoms. The van der Waals surface area contributed by atoms with Gasteiger partial charge < -0.3 is 15.3 Å². The molecule has 0 unspecified atom stereocenters. The molecule has 0 bridgehead atoms. The van der Waals surface area contributed by atoms with E-state index in [2.05, 4.69) is 15.1 Å². The van der Waals surface area contributed by atoms with Gasteiger partial charge in [-0.1, -0.05) is 24.3 Å². The minimum Gasteiger partial charge on any atom is -0.461 e. The van der Waals surface area contributed by atoms with Gasteiger partial charge in [-0.25, -0.2) is 9.97 Å². The second-order valence-corrected chi connectivity index (χ2v) is 6.32. The van der Waals surface area contributed by atoms with Crippen LogP contribution in [0, 0.1) is 0 Å². The molecule has 0 saturated carbocycles. The summed E-state index contributed by atoms with van der Waals surface area (Å²) in [5, 5.41) is 14.4. The zero-order valence-electron chi connectivity index (χ0n) is 13.8. The molecule has 3 heterocycles. The van der Waals surface area contributed by atoms with Crippen molar-refractivity contribution >= 4 is 11.6 Å². The van der Waals surface area contributed by atoms with E-state index in [0.717, 1.165) is 11.1 Å². The van der Waals surface area contributed by atoms with Crippen molar-refractivity contribution in [2.45, 2.75) is 19.4 Å². The molecule has 0 aliphatic heterocycles. The fourth-order valence-electron chi connectivity index (χ4n) is 2.62. The van der Waals surface area contributed by atoms with Crippen LogP contribution in [0.5, 0.6) is 0 Å². The fraction of sp³-hybridized carbons (Fsp3) is 0.167. The molecule has 4 rings (SSSR count). The highest BCUT2D eigenvalue weighted by Gasteiger charge is 2.16. The van der Waals surface area contributed by atoms with Crippen LogP contribution in [0.1, 0.15) is 19.4 Å². The van der Waals surface area contributed by atoms with Crippen molar-refractivity contribution in [1.29, 1.82) is 0 Å². The molecule has 0 radical (unpaired) electrons. The summed E-state index contributed by atoms with van der Waals surface area (Å²) < 4.78 is 6.80. The Kier molecular flexibility index (Phi) is 3.33. The van der Waals surface area contributed by atoms with Gasteiger partial charge in [0.2, 0.25) is 11.8 Å². The summed E-state index contributed by atoms with van der Waals surface area (Å²) in [7, 11) is 0. The van der Waals surface area contributed by atoms with Crippen molar-refractivity contribution in [3.8, 4) is 22.8 Å². The van der Waals surface area contributed by atoms with Crippen LogP contribution in [0.3, 0.4) is 0 Å². The molecule has 1 aromatic carbocycles. The van der Waals surface area contributed by atoms with Gasteiger partial charge in [-0.15, -0.1) is 5.10 Å². The summed E-state index contributed by atoms with van der Waals surface area (Å²) in [4.78, 5) is 8.86. The van der Waals surface area contributed by atoms with Gasteiger partial charge in [-0.05, 0) is 31.5 Å². The predicted molar refractivity (Wildman–Crippen MR) is 93.6 cm³/mol. The fourth-order valence-corrected chi connectivity index (χ4v) is 2.62. The van der Waals surface area contributed by atoms with E-state index in [9.17, 15) is 5.11 Å². The first kappa shape index (κ1) is 15.3. The number of furan rings is 1. The molecular formula is C18H17N5O2. The zero-order valence-corrected chi connectivity index (χ0v) is 13.8. The van der Waals surface area contributed by atoms with Gasteiger partial charge in [0.15, 0.2) is 11.4 Å². The SMILES string of the molecule is CC(C)(O)c1ccc(-c2cc3nc(-c4ccco4)nn3c(N)n2)cc1. The highest BCUT2D eigenvalue weighted by molar-refractivity contribution is 5.67. The monoisotopic (exact) mass is 335 g/mol. The Balaban J connectivity index is 1.78. The van der Waals surface area contributed by atoms with Crippen molar-refractivity contribution in [3.05, 3.63) is 54.3 Å². The highest BCUT2D eigenvalue weighted by atomic mass is 16.3. The van der Waals surface area contributed by atoms with Gasteiger partial charge >= 0.3 is 0 Å². The molecule has 25 heavy (non-hydrogen) atoms. The van der Waals surface area contributed by atoms with Gasteiger partial charge in [-0.3, -0.25) is 0 Å². The molecule has 0 atom stereocenters.